The van der Waals surface area contributed by atoms with Crippen LogP contribution in [0.1, 0.15) is 37.7 Å². The number of esters is 1. The molecule has 0 aliphatic heterocycles. The number of unbranched alkanes of at least 4 members (excludes halogenated alkanes) is 2. The summed E-state index contributed by atoms with van der Waals surface area (Å²) in [7, 11) is -8.12. The number of halogens is 11. The fourth-order valence-corrected chi connectivity index (χ4v) is 5.22. The highest BCUT2D eigenvalue weighted by atomic mass is 32.2. The van der Waals surface area contributed by atoms with E-state index in [1.165, 1.54) is 12.1 Å². The first-order chi connectivity index (χ1) is 19.5. The van der Waals surface area contributed by atoms with Crippen molar-refractivity contribution in [2.24, 2.45) is 5.41 Å². The Kier molecular flexibility index (Phi) is 10.8. The van der Waals surface area contributed by atoms with Gasteiger partial charge in [-0.3, -0.25) is 4.79 Å². The fraction of sp³-hybridized carbons (Fsp3) is 0.560. The Hall–Kier alpha value is -2.73. The number of nitrogens with zero attached hydrogens (tertiary/aromatic N) is 1. The van der Waals surface area contributed by atoms with Crippen LogP contribution in [0.2, 0.25) is 0 Å². The molecule has 1 aliphatic rings. The highest BCUT2D eigenvalue weighted by Crippen LogP contribution is 2.57. The first-order valence-corrected chi connectivity index (χ1v) is 13.8. The van der Waals surface area contributed by atoms with Gasteiger partial charge in [0, 0.05) is 20.1 Å². The summed E-state index contributed by atoms with van der Waals surface area (Å²) in [6.45, 7) is -1.67. The number of aliphatic hydroxyl groups excluding tert-OH is 1. The van der Waals surface area contributed by atoms with Crippen molar-refractivity contribution in [1.82, 2.24) is 4.31 Å². The molecule has 2 rings (SSSR count). The first kappa shape index (κ1) is 36.5. The van der Waals surface area contributed by atoms with Crippen molar-refractivity contribution in [3.8, 4) is 0 Å². The SMILES string of the molecule is CN(C(F)(F)C1(COC(=O)CCCCCO)C=CC(c2ccccc2)=CC1)S(=O)(=O)C(F)(F)C(F)(F)C(F)(F)C(F)(F)F. The molecule has 1 atom stereocenters. The maximum Gasteiger partial charge on any atom is 0.460 e. The van der Waals surface area contributed by atoms with Crippen LogP contribution in [0.4, 0.5) is 48.3 Å². The largest absolute Gasteiger partial charge is 0.464 e. The van der Waals surface area contributed by atoms with Crippen LogP contribution in [-0.2, 0) is 19.6 Å². The standard InChI is InChI=1S/C25H26F11NO5S/c1-37(43(40,41)25(35,36)22(28,29)21(26,27)23(30,31)32)24(33,34)20(16-42-19(39)10-6-3-7-15-38)13-11-18(12-14-20)17-8-4-2-5-9-17/h2,4-5,8-9,11-13,38H,3,6-7,10,14-16H2,1H3. The van der Waals surface area contributed by atoms with Crippen LogP contribution < -0.4 is 0 Å². The predicted octanol–water partition coefficient (Wildman–Crippen LogP) is 6.39. The number of ether oxygens (including phenoxy) is 1. The van der Waals surface area contributed by atoms with Crippen molar-refractivity contribution >= 4 is 21.6 Å². The molecule has 0 fully saturated rings. The van der Waals surface area contributed by atoms with E-state index in [0.29, 0.717) is 18.1 Å². The van der Waals surface area contributed by atoms with Gasteiger partial charge in [0.05, 0.1) is 0 Å². The van der Waals surface area contributed by atoms with Crippen LogP contribution in [0.5, 0.6) is 0 Å². The lowest BCUT2D eigenvalue weighted by Crippen LogP contribution is -2.67. The predicted molar refractivity (Wildman–Crippen MR) is 130 cm³/mol. The quantitative estimate of drug-likeness (QED) is 0.108. The van der Waals surface area contributed by atoms with Gasteiger partial charge in [0.1, 0.15) is 12.0 Å². The molecule has 244 valence electrons. The molecule has 1 unspecified atom stereocenters. The number of aliphatic hydroxyl groups is 1. The second-order valence-corrected chi connectivity index (χ2v) is 11.6. The summed E-state index contributed by atoms with van der Waals surface area (Å²) >= 11 is 0. The van der Waals surface area contributed by atoms with Gasteiger partial charge in [-0.25, -0.2) is 8.42 Å². The lowest BCUT2D eigenvalue weighted by Gasteiger charge is -2.44. The third-order valence-corrected chi connectivity index (χ3v) is 8.55. The van der Waals surface area contributed by atoms with E-state index < -0.39 is 75.1 Å². The van der Waals surface area contributed by atoms with Crippen LogP contribution >= 0.6 is 0 Å². The zero-order valence-electron chi connectivity index (χ0n) is 22.2. The third kappa shape index (κ3) is 6.69. The number of benzene rings is 1. The maximum atomic E-state index is 15.9. The van der Waals surface area contributed by atoms with E-state index in [9.17, 15) is 52.7 Å². The van der Waals surface area contributed by atoms with Crippen LogP contribution in [0.25, 0.3) is 5.57 Å². The summed E-state index contributed by atoms with van der Waals surface area (Å²) in [5.41, 5.74) is -2.46. The lowest BCUT2D eigenvalue weighted by atomic mass is 9.77. The molecule has 1 aliphatic carbocycles. The van der Waals surface area contributed by atoms with Gasteiger partial charge in [-0.2, -0.15) is 48.3 Å². The van der Waals surface area contributed by atoms with E-state index in [0.717, 1.165) is 12.2 Å². The summed E-state index contributed by atoms with van der Waals surface area (Å²) in [6.07, 6.45) is -5.55. The van der Waals surface area contributed by atoms with Crippen molar-refractivity contribution in [3.63, 3.8) is 0 Å². The zero-order chi connectivity index (χ0) is 33.1. The summed E-state index contributed by atoms with van der Waals surface area (Å²) in [4.78, 5) is 12.2. The van der Waals surface area contributed by atoms with Crippen LogP contribution in [0.3, 0.4) is 0 Å². The van der Waals surface area contributed by atoms with Gasteiger partial charge in [0.15, 0.2) is 0 Å². The fourth-order valence-electron chi connectivity index (χ4n) is 3.94. The van der Waals surface area contributed by atoms with Crippen molar-refractivity contribution in [3.05, 3.63) is 54.1 Å². The van der Waals surface area contributed by atoms with Crippen molar-refractivity contribution in [2.45, 2.75) is 61.4 Å². The van der Waals surface area contributed by atoms with E-state index >= 15 is 8.78 Å². The summed E-state index contributed by atoms with van der Waals surface area (Å²) < 4.78 is 181. The van der Waals surface area contributed by atoms with Gasteiger partial charge in [-0.15, -0.1) is 4.31 Å². The van der Waals surface area contributed by atoms with Gasteiger partial charge in [0.2, 0.25) is 0 Å². The second-order valence-electron chi connectivity index (χ2n) is 9.59. The second kappa shape index (κ2) is 12.7. The molecule has 0 bridgehead atoms. The van der Waals surface area contributed by atoms with E-state index in [1.807, 2.05) is 0 Å². The van der Waals surface area contributed by atoms with Gasteiger partial charge in [-0.05, 0) is 30.4 Å². The van der Waals surface area contributed by atoms with E-state index in [4.69, 9.17) is 9.84 Å². The van der Waals surface area contributed by atoms with Gasteiger partial charge < -0.3 is 9.84 Å². The molecule has 6 nitrogen and oxygen atoms in total. The molecular weight excluding hydrogens is 635 g/mol. The molecule has 0 heterocycles. The number of hydrogen-bond acceptors (Lipinski definition) is 5. The molecule has 0 radical (unpaired) electrons. The Balaban J connectivity index is 2.53. The monoisotopic (exact) mass is 661 g/mol. The van der Waals surface area contributed by atoms with Crippen molar-refractivity contribution < 1.29 is 71.4 Å². The topological polar surface area (TPSA) is 83.9 Å². The van der Waals surface area contributed by atoms with Crippen LogP contribution in [0.15, 0.2) is 48.6 Å². The normalized spacial score (nSPS) is 19.0. The van der Waals surface area contributed by atoms with Crippen molar-refractivity contribution in [2.75, 3.05) is 20.3 Å². The molecule has 43 heavy (non-hydrogen) atoms. The van der Waals surface area contributed by atoms with Gasteiger partial charge in [0.25, 0.3) is 10.0 Å². The van der Waals surface area contributed by atoms with E-state index in [-0.39, 0.29) is 31.4 Å². The molecule has 1 aromatic carbocycles. The molecule has 0 saturated heterocycles. The number of sulfonamides is 1. The highest BCUT2D eigenvalue weighted by Gasteiger charge is 2.86. The lowest BCUT2D eigenvalue weighted by molar-refractivity contribution is -0.382. The Morgan fingerprint density at radius 3 is 2.00 bits per heavy atom. The number of hydrogen-bond donors (Lipinski definition) is 1. The summed E-state index contributed by atoms with van der Waals surface area (Å²) in [5, 5.41) is 1.37. The average molecular weight is 662 g/mol. The smallest absolute Gasteiger partial charge is 0.460 e. The number of alkyl halides is 11. The molecule has 18 heteroatoms. The molecule has 0 amide bonds. The number of carbonyl (C=O) groups excluding carboxylic acids is 1. The number of allylic oxidation sites excluding steroid dienone is 3. The molecule has 0 saturated carbocycles. The molecule has 0 aromatic heterocycles. The van der Waals surface area contributed by atoms with Crippen molar-refractivity contribution in [1.29, 1.82) is 0 Å². The van der Waals surface area contributed by atoms with E-state index in [1.54, 1.807) is 18.2 Å². The minimum Gasteiger partial charge on any atom is -0.464 e. The first-order valence-electron chi connectivity index (χ1n) is 12.3. The maximum absolute atomic E-state index is 15.9. The molecule has 0 spiro atoms. The Bertz CT molecular complexity index is 1300. The Labute approximate surface area is 238 Å². The average Bonchev–Trinajstić information content (AvgIpc) is 2.93. The van der Waals surface area contributed by atoms with Gasteiger partial charge >= 0.3 is 35.3 Å². The van der Waals surface area contributed by atoms with E-state index in [2.05, 4.69) is 0 Å². The van der Waals surface area contributed by atoms with Crippen LogP contribution in [-0.4, -0.2) is 73.4 Å². The Morgan fingerprint density at radius 2 is 1.51 bits per heavy atom. The molecule has 1 aromatic rings. The number of rotatable bonds is 14. The summed E-state index contributed by atoms with van der Waals surface area (Å²) in [5.74, 6) is -16.5. The Morgan fingerprint density at radius 1 is 0.930 bits per heavy atom. The van der Waals surface area contributed by atoms with Crippen LogP contribution in [0, 0.1) is 5.41 Å². The molecular formula is C25H26F11NO5S. The summed E-state index contributed by atoms with van der Waals surface area (Å²) in [6, 6.07) is 2.47. The number of carbonyl (C=O) groups is 1. The third-order valence-electron chi connectivity index (χ3n) is 6.70. The minimum atomic E-state index is -7.74. The molecule has 1 N–H and O–H groups in total. The minimum absolute atomic E-state index is 0.111. The zero-order valence-corrected chi connectivity index (χ0v) is 23.0. The highest BCUT2D eigenvalue weighted by molar-refractivity contribution is 7.90. The van der Waals surface area contributed by atoms with Gasteiger partial charge in [-0.1, -0.05) is 55.0 Å².